The summed E-state index contributed by atoms with van der Waals surface area (Å²) in [5.41, 5.74) is 7.91. The molecule has 2 rings (SSSR count). The molecule has 0 saturated heterocycles. The molecule has 0 aromatic heterocycles. The molecule has 140 valence electrons. The normalized spacial score (nSPS) is 11.7. The lowest BCUT2D eigenvalue weighted by Crippen LogP contribution is -2.50. The van der Waals surface area contributed by atoms with E-state index in [1.807, 2.05) is 56.3 Å². The van der Waals surface area contributed by atoms with Gasteiger partial charge in [0.05, 0.1) is 0 Å². The fraction of sp³-hybridized carbons (Fsp3) is 0.190. The van der Waals surface area contributed by atoms with Gasteiger partial charge in [-0.15, -0.1) is 0 Å². The third-order valence-electron chi connectivity index (χ3n) is 3.90. The molecule has 0 bridgehead atoms. The van der Waals surface area contributed by atoms with Gasteiger partial charge in [-0.3, -0.25) is 25.2 Å². The van der Waals surface area contributed by atoms with E-state index in [0.29, 0.717) is 5.56 Å². The Bertz CT molecular complexity index is 860. The van der Waals surface area contributed by atoms with Crippen molar-refractivity contribution in [2.45, 2.75) is 26.8 Å². The molecule has 0 aliphatic carbocycles. The lowest BCUT2D eigenvalue weighted by atomic mass is 10.1. The zero-order valence-corrected chi connectivity index (χ0v) is 15.6. The molecule has 27 heavy (non-hydrogen) atoms. The largest absolute Gasteiger partial charge is 0.341 e. The predicted octanol–water partition coefficient (Wildman–Crippen LogP) is 2.28. The van der Waals surface area contributed by atoms with Crippen molar-refractivity contribution in [1.82, 2.24) is 16.2 Å². The van der Waals surface area contributed by atoms with Gasteiger partial charge in [0.1, 0.15) is 6.04 Å². The van der Waals surface area contributed by atoms with Gasteiger partial charge in [0, 0.05) is 11.6 Å². The van der Waals surface area contributed by atoms with Gasteiger partial charge < -0.3 is 5.32 Å². The molecule has 0 radical (unpaired) electrons. The number of nitrogens with one attached hydrogen (secondary N) is 3. The molecule has 3 N–H and O–H groups in total. The highest BCUT2D eigenvalue weighted by molar-refractivity contribution is 5.98. The first-order chi connectivity index (χ1) is 12.9. The summed E-state index contributed by atoms with van der Waals surface area (Å²) in [5, 5.41) is 2.54. The Morgan fingerprint density at radius 2 is 1.67 bits per heavy atom. The molecule has 6 heteroatoms. The Labute approximate surface area is 158 Å². The molecule has 0 spiro atoms. The molecule has 0 aliphatic rings. The highest BCUT2D eigenvalue weighted by Crippen LogP contribution is 2.09. The summed E-state index contributed by atoms with van der Waals surface area (Å²) in [6.07, 6.45) is 3.01. The molecule has 0 saturated carbocycles. The first kappa shape index (κ1) is 19.9. The fourth-order valence-corrected chi connectivity index (χ4v) is 2.43. The van der Waals surface area contributed by atoms with E-state index >= 15 is 0 Å². The number of carbonyl (C=O) groups is 3. The minimum atomic E-state index is -0.808. The lowest BCUT2D eigenvalue weighted by molar-refractivity contribution is -0.127. The number of aryl methyl sites for hydroxylation is 2. The maximum absolute atomic E-state index is 12.2. The number of hydrogen-bond acceptors (Lipinski definition) is 3. The Kier molecular flexibility index (Phi) is 6.88. The topological polar surface area (TPSA) is 87.3 Å². The molecule has 2 aromatic carbocycles. The number of hydrazine groups is 1. The van der Waals surface area contributed by atoms with Crippen LogP contribution in [0.1, 0.15) is 34.0 Å². The Morgan fingerprint density at radius 3 is 2.33 bits per heavy atom. The molecular formula is C21H23N3O3. The molecule has 1 atom stereocenters. The van der Waals surface area contributed by atoms with E-state index in [2.05, 4.69) is 16.2 Å². The second-order valence-corrected chi connectivity index (χ2v) is 6.24. The minimum absolute atomic E-state index is 0.401. The summed E-state index contributed by atoms with van der Waals surface area (Å²) in [4.78, 5) is 36.1. The van der Waals surface area contributed by atoms with Crippen molar-refractivity contribution in [3.05, 3.63) is 76.9 Å². The van der Waals surface area contributed by atoms with Gasteiger partial charge in [-0.05, 0) is 44.0 Å². The molecule has 6 nitrogen and oxygen atoms in total. The van der Waals surface area contributed by atoms with Crippen LogP contribution in [0.15, 0.2) is 54.6 Å². The van der Waals surface area contributed by atoms with Crippen molar-refractivity contribution in [2.75, 3.05) is 0 Å². The van der Waals surface area contributed by atoms with Crippen LogP contribution in [-0.4, -0.2) is 23.8 Å². The van der Waals surface area contributed by atoms with Gasteiger partial charge in [0.25, 0.3) is 11.8 Å². The van der Waals surface area contributed by atoms with E-state index < -0.39 is 23.8 Å². The zero-order valence-electron chi connectivity index (χ0n) is 15.6. The zero-order chi connectivity index (χ0) is 19.8. The SMILES string of the molecule is Cc1ccc(C(=O)NNC(=O)[C@H](C)NC(=O)/C=C/c2ccccc2)c(C)c1. The molecule has 0 fully saturated rings. The van der Waals surface area contributed by atoms with Gasteiger partial charge in [-0.1, -0.05) is 48.0 Å². The smallest absolute Gasteiger partial charge is 0.269 e. The van der Waals surface area contributed by atoms with E-state index in [4.69, 9.17) is 0 Å². The third-order valence-corrected chi connectivity index (χ3v) is 3.90. The first-order valence-corrected chi connectivity index (χ1v) is 8.58. The van der Waals surface area contributed by atoms with Crippen LogP contribution in [-0.2, 0) is 9.59 Å². The lowest BCUT2D eigenvalue weighted by Gasteiger charge is -2.14. The van der Waals surface area contributed by atoms with E-state index in [1.54, 1.807) is 12.1 Å². The van der Waals surface area contributed by atoms with Crippen LogP contribution in [0.3, 0.4) is 0 Å². The van der Waals surface area contributed by atoms with Crippen LogP contribution >= 0.6 is 0 Å². The van der Waals surface area contributed by atoms with Crippen LogP contribution in [0.4, 0.5) is 0 Å². The van der Waals surface area contributed by atoms with Crippen molar-refractivity contribution in [3.63, 3.8) is 0 Å². The number of carbonyl (C=O) groups excluding carboxylic acids is 3. The molecule has 0 heterocycles. The molecule has 3 amide bonds. The Hall–Kier alpha value is -3.41. The summed E-state index contributed by atoms with van der Waals surface area (Å²) in [6.45, 7) is 5.30. The summed E-state index contributed by atoms with van der Waals surface area (Å²) in [5.74, 6) is -1.33. The van der Waals surface area contributed by atoms with Crippen LogP contribution in [0.2, 0.25) is 0 Å². The highest BCUT2D eigenvalue weighted by Gasteiger charge is 2.16. The van der Waals surface area contributed by atoms with Crippen LogP contribution in [0.25, 0.3) is 6.08 Å². The number of benzene rings is 2. The van der Waals surface area contributed by atoms with Gasteiger partial charge in [0.15, 0.2) is 0 Å². The maximum Gasteiger partial charge on any atom is 0.269 e. The molecular weight excluding hydrogens is 342 g/mol. The van der Waals surface area contributed by atoms with Crippen LogP contribution in [0, 0.1) is 13.8 Å². The molecule has 0 aliphatic heterocycles. The summed E-state index contributed by atoms with van der Waals surface area (Å²) in [6, 6.07) is 14.0. The van der Waals surface area contributed by atoms with E-state index in [9.17, 15) is 14.4 Å². The minimum Gasteiger partial charge on any atom is -0.341 e. The van der Waals surface area contributed by atoms with Crippen molar-refractivity contribution >= 4 is 23.8 Å². The maximum atomic E-state index is 12.2. The van der Waals surface area contributed by atoms with Gasteiger partial charge in [-0.25, -0.2) is 0 Å². The summed E-state index contributed by atoms with van der Waals surface area (Å²) < 4.78 is 0. The van der Waals surface area contributed by atoms with Crippen LogP contribution in [0.5, 0.6) is 0 Å². The average Bonchev–Trinajstić information content (AvgIpc) is 2.65. The van der Waals surface area contributed by atoms with Crippen molar-refractivity contribution in [1.29, 1.82) is 0 Å². The number of amides is 3. The quantitative estimate of drug-likeness (QED) is 0.561. The first-order valence-electron chi connectivity index (χ1n) is 8.58. The monoisotopic (exact) mass is 365 g/mol. The van der Waals surface area contributed by atoms with E-state index in [0.717, 1.165) is 16.7 Å². The third kappa shape index (κ3) is 6.11. The Balaban J connectivity index is 1.83. The predicted molar refractivity (Wildman–Crippen MR) is 105 cm³/mol. The van der Waals surface area contributed by atoms with Gasteiger partial charge in [0.2, 0.25) is 5.91 Å². The Morgan fingerprint density at radius 1 is 0.963 bits per heavy atom. The van der Waals surface area contributed by atoms with Gasteiger partial charge in [-0.2, -0.15) is 0 Å². The van der Waals surface area contributed by atoms with Gasteiger partial charge >= 0.3 is 0 Å². The standard InChI is InChI=1S/C21H23N3O3/c1-14-9-11-18(15(2)13-14)21(27)24-23-20(26)16(3)22-19(25)12-10-17-7-5-4-6-8-17/h4-13,16H,1-3H3,(H,22,25)(H,23,26)(H,24,27)/b12-10+/t16-/m0/s1. The number of rotatable bonds is 5. The average molecular weight is 365 g/mol. The number of hydrogen-bond donors (Lipinski definition) is 3. The van der Waals surface area contributed by atoms with Crippen molar-refractivity contribution < 1.29 is 14.4 Å². The van der Waals surface area contributed by atoms with Crippen LogP contribution < -0.4 is 16.2 Å². The molecule has 0 unspecified atom stereocenters. The van der Waals surface area contributed by atoms with E-state index in [-0.39, 0.29) is 0 Å². The van der Waals surface area contributed by atoms with Crippen molar-refractivity contribution in [2.24, 2.45) is 0 Å². The van der Waals surface area contributed by atoms with Crippen molar-refractivity contribution in [3.8, 4) is 0 Å². The molecule has 2 aromatic rings. The summed E-state index contributed by atoms with van der Waals surface area (Å²) >= 11 is 0. The van der Waals surface area contributed by atoms with E-state index in [1.165, 1.54) is 13.0 Å². The highest BCUT2D eigenvalue weighted by atomic mass is 16.2. The second kappa shape index (κ2) is 9.33. The summed E-state index contributed by atoms with van der Waals surface area (Å²) in [7, 11) is 0. The second-order valence-electron chi connectivity index (χ2n) is 6.24. The fourth-order valence-electron chi connectivity index (χ4n) is 2.43.